The van der Waals surface area contributed by atoms with E-state index in [1.807, 2.05) is 0 Å². The van der Waals surface area contributed by atoms with E-state index in [0.717, 1.165) is 12.8 Å². The normalized spacial score (nSPS) is 12.5. The van der Waals surface area contributed by atoms with Crippen molar-refractivity contribution in [2.75, 3.05) is 5.32 Å². The van der Waals surface area contributed by atoms with Crippen LogP contribution in [0.1, 0.15) is 39.2 Å². The van der Waals surface area contributed by atoms with Gasteiger partial charge >= 0.3 is 0 Å². The fraction of sp³-hybridized carbons (Fsp3) is 0.615. The lowest BCUT2D eigenvalue weighted by atomic mass is 9.95. The molecule has 100 valence electrons. The summed E-state index contributed by atoms with van der Waals surface area (Å²) in [4.78, 5) is 14.4. The fourth-order valence-electron chi connectivity index (χ4n) is 2.17. The van der Waals surface area contributed by atoms with Crippen molar-refractivity contribution in [2.45, 2.75) is 46.6 Å². The first kappa shape index (κ1) is 14.4. The molecule has 0 aromatic carbocycles. The Morgan fingerprint density at radius 3 is 2.50 bits per heavy atom. The Labute approximate surface area is 108 Å². The molecular weight excluding hydrogens is 230 g/mol. The minimum absolute atomic E-state index is 0.0655. The first-order valence-corrected chi connectivity index (χ1v) is 6.37. The van der Waals surface area contributed by atoms with Gasteiger partial charge in [0.05, 0.1) is 4.92 Å². The molecule has 1 N–H and O–H groups in total. The summed E-state index contributed by atoms with van der Waals surface area (Å²) in [7, 11) is 0. The SMILES string of the molecule is CCC(CC)C(C)Nc1cc(C)c([N+](=O)[O-])cn1. The third-order valence-corrected chi connectivity index (χ3v) is 3.41. The van der Waals surface area contributed by atoms with Crippen LogP contribution in [0, 0.1) is 23.0 Å². The van der Waals surface area contributed by atoms with Crippen molar-refractivity contribution in [3.8, 4) is 0 Å². The van der Waals surface area contributed by atoms with Gasteiger partial charge in [-0.25, -0.2) is 4.98 Å². The number of hydrogen-bond acceptors (Lipinski definition) is 4. The molecule has 0 saturated carbocycles. The molecule has 0 spiro atoms. The van der Waals surface area contributed by atoms with E-state index in [2.05, 4.69) is 31.1 Å². The van der Waals surface area contributed by atoms with Gasteiger partial charge in [-0.15, -0.1) is 0 Å². The molecule has 1 aromatic rings. The summed E-state index contributed by atoms with van der Waals surface area (Å²) in [6.45, 7) is 8.19. The Kier molecular flexibility index (Phi) is 5.07. The van der Waals surface area contributed by atoms with E-state index in [1.165, 1.54) is 6.20 Å². The standard InChI is InChI=1S/C13H21N3O2/c1-5-11(6-2)10(4)15-13-7-9(3)12(8-14-13)16(17)18/h7-8,10-11H,5-6H2,1-4H3,(H,14,15). The second-order valence-electron chi connectivity index (χ2n) is 4.62. The van der Waals surface area contributed by atoms with Crippen LogP contribution in [0.25, 0.3) is 0 Å². The second kappa shape index (κ2) is 6.33. The first-order chi connectivity index (χ1) is 8.49. The number of nitro groups is 1. The van der Waals surface area contributed by atoms with Gasteiger partial charge in [0.2, 0.25) is 0 Å². The zero-order valence-electron chi connectivity index (χ0n) is 11.4. The molecule has 0 bridgehead atoms. The second-order valence-corrected chi connectivity index (χ2v) is 4.62. The summed E-state index contributed by atoms with van der Waals surface area (Å²) in [5.41, 5.74) is 0.699. The summed E-state index contributed by atoms with van der Waals surface area (Å²) in [5.74, 6) is 1.29. The van der Waals surface area contributed by atoms with Crippen molar-refractivity contribution in [1.29, 1.82) is 0 Å². The lowest BCUT2D eigenvalue weighted by molar-refractivity contribution is -0.385. The summed E-state index contributed by atoms with van der Waals surface area (Å²) in [5, 5.41) is 14.0. The van der Waals surface area contributed by atoms with Gasteiger partial charge in [0.15, 0.2) is 0 Å². The number of pyridine rings is 1. The predicted octanol–water partition coefficient (Wildman–Crippen LogP) is 3.53. The van der Waals surface area contributed by atoms with E-state index < -0.39 is 4.92 Å². The molecule has 5 heteroatoms. The number of aromatic nitrogens is 1. The van der Waals surface area contributed by atoms with Crippen LogP contribution in [0.3, 0.4) is 0 Å². The highest BCUT2D eigenvalue weighted by molar-refractivity contribution is 5.47. The largest absolute Gasteiger partial charge is 0.367 e. The number of nitrogens with one attached hydrogen (secondary N) is 1. The van der Waals surface area contributed by atoms with E-state index >= 15 is 0 Å². The monoisotopic (exact) mass is 251 g/mol. The van der Waals surface area contributed by atoms with E-state index in [1.54, 1.807) is 13.0 Å². The highest BCUT2D eigenvalue weighted by Crippen LogP contribution is 2.21. The molecule has 1 atom stereocenters. The molecule has 1 heterocycles. The van der Waals surface area contributed by atoms with E-state index in [-0.39, 0.29) is 5.69 Å². The van der Waals surface area contributed by atoms with Crippen LogP contribution >= 0.6 is 0 Å². The van der Waals surface area contributed by atoms with Gasteiger partial charge in [0.1, 0.15) is 12.0 Å². The van der Waals surface area contributed by atoms with Gasteiger partial charge in [0, 0.05) is 11.6 Å². The molecule has 0 amide bonds. The molecule has 1 aromatic heterocycles. The smallest absolute Gasteiger partial charge is 0.290 e. The lowest BCUT2D eigenvalue weighted by Gasteiger charge is -2.23. The summed E-state index contributed by atoms with van der Waals surface area (Å²) in [6.07, 6.45) is 3.53. The Morgan fingerprint density at radius 1 is 1.44 bits per heavy atom. The van der Waals surface area contributed by atoms with E-state index in [0.29, 0.717) is 23.3 Å². The van der Waals surface area contributed by atoms with Crippen LogP contribution in [0.15, 0.2) is 12.3 Å². The maximum atomic E-state index is 10.7. The lowest BCUT2D eigenvalue weighted by Crippen LogP contribution is -2.25. The van der Waals surface area contributed by atoms with Crippen LogP contribution < -0.4 is 5.32 Å². The van der Waals surface area contributed by atoms with E-state index in [9.17, 15) is 10.1 Å². The van der Waals surface area contributed by atoms with Gasteiger partial charge in [-0.1, -0.05) is 26.7 Å². The topological polar surface area (TPSA) is 68.1 Å². The van der Waals surface area contributed by atoms with E-state index in [4.69, 9.17) is 0 Å². The van der Waals surface area contributed by atoms with Crippen LogP contribution in [-0.4, -0.2) is 15.9 Å². The number of hydrogen-bond donors (Lipinski definition) is 1. The molecule has 0 aliphatic carbocycles. The Morgan fingerprint density at radius 2 is 2.06 bits per heavy atom. The number of aryl methyl sites for hydroxylation is 1. The quantitative estimate of drug-likeness (QED) is 0.620. The van der Waals surface area contributed by atoms with Crippen molar-refractivity contribution in [2.24, 2.45) is 5.92 Å². The minimum atomic E-state index is -0.406. The van der Waals surface area contributed by atoms with Crippen molar-refractivity contribution in [3.05, 3.63) is 27.9 Å². The van der Waals surface area contributed by atoms with Crippen molar-refractivity contribution in [3.63, 3.8) is 0 Å². The average Bonchev–Trinajstić information content (AvgIpc) is 2.30. The maximum Gasteiger partial charge on any atom is 0.290 e. The predicted molar refractivity (Wildman–Crippen MR) is 72.8 cm³/mol. The average molecular weight is 251 g/mol. The highest BCUT2D eigenvalue weighted by atomic mass is 16.6. The van der Waals surface area contributed by atoms with Crippen LogP contribution in [0.5, 0.6) is 0 Å². The number of nitrogens with zero attached hydrogens (tertiary/aromatic N) is 2. The number of rotatable bonds is 6. The summed E-state index contributed by atoms with van der Waals surface area (Å²) >= 11 is 0. The van der Waals surface area contributed by atoms with Crippen molar-refractivity contribution < 1.29 is 4.92 Å². The Hall–Kier alpha value is -1.65. The van der Waals surface area contributed by atoms with Crippen LogP contribution in [-0.2, 0) is 0 Å². The molecule has 0 aliphatic rings. The maximum absolute atomic E-state index is 10.7. The van der Waals surface area contributed by atoms with Gasteiger partial charge in [-0.05, 0) is 25.8 Å². The third-order valence-electron chi connectivity index (χ3n) is 3.41. The Balaban J connectivity index is 2.80. The van der Waals surface area contributed by atoms with Crippen LogP contribution in [0.4, 0.5) is 11.5 Å². The molecule has 0 aliphatic heterocycles. The fourth-order valence-corrected chi connectivity index (χ4v) is 2.17. The molecule has 5 nitrogen and oxygen atoms in total. The highest BCUT2D eigenvalue weighted by Gasteiger charge is 2.16. The molecular formula is C13H21N3O2. The Bertz CT molecular complexity index is 417. The minimum Gasteiger partial charge on any atom is -0.367 e. The molecule has 0 radical (unpaired) electrons. The van der Waals surface area contributed by atoms with Gasteiger partial charge in [-0.2, -0.15) is 0 Å². The van der Waals surface area contributed by atoms with Crippen LogP contribution in [0.2, 0.25) is 0 Å². The third kappa shape index (κ3) is 3.42. The summed E-state index contributed by atoms with van der Waals surface area (Å²) < 4.78 is 0. The zero-order valence-corrected chi connectivity index (χ0v) is 11.4. The molecule has 1 unspecified atom stereocenters. The molecule has 0 fully saturated rings. The number of anilines is 1. The molecule has 18 heavy (non-hydrogen) atoms. The van der Waals surface area contributed by atoms with Gasteiger partial charge < -0.3 is 5.32 Å². The van der Waals surface area contributed by atoms with Gasteiger partial charge in [0.25, 0.3) is 5.69 Å². The molecule has 0 saturated heterocycles. The van der Waals surface area contributed by atoms with Crippen molar-refractivity contribution >= 4 is 11.5 Å². The van der Waals surface area contributed by atoms with Crippen molar-refractivity contribution in [1.82, 2.24) is 4.98 Å². The van der Waals surface area contributed by atoms with Gasteiger partial charge in [-0.3, -0.25) is 10.1 Å². The molecule has 1 rings (SSSR count). The summed E-state index contributed by atoms with van der Waals surface area (Å²) in [6, 6.07) is 2.05. The first-order valence-electron chi connectivity index (χ1n) is 6.37. The zero-order chi connectivity index (χ0) is 13.7.